The molecule has 2 aromatic heterocycles. The predicted molar refractivity (Wildman–Crippen MR) is 138 cm³/mol. The smallest absolute Gasteiger partial charge is 0.253 e. The maximum atomic E-state index is 12.8. The third kappa shape index (κ3) is 6.27. The normalized spacial score (nSPS) is 14.3. The third-order valence-corrected chi connectivity index (χ3v) is 7.60. The average Bonchev–Trinajstić information content (AvgIpc) is 3.48. The van der Waals surface area contributed by atoms with Gasteiger partial charge in [-0.05, 0) is 50.3 Å². The lowest BCUT2D eigenvalue weighted by atomic mass is 9.95. The number of benzene rings is 1. The highest BCUT2D eigenvalue weighted by Gasteiger charge is 2.24. The van der Waals surface area contributed by atoms with Crippen LogP contribution in [-0.2, 0) is 11.2 Å². The second kappa shape index (κ2) is 11.7. The van der Waals surface area contributed by atoms with Crippen LogP contribution >= 0.6 is 23.1 Å². The van der Waals surface area contributed by atoms with Gasteiger partial charge in [-0.1, -0.05) is 49.2 Å². The lowest BCUT2D eigenvalue weighted by molar-refractivity contribution is -0.113. The van der Waals surface area contributed by atoms with E-state index in [-0.39, 0.29) is 23.6 Å². The van der Waals surface area contributed by atoms with Gasteiger partial charge in [0.05, 0.1) is 17.0 Å². The van der Waals surface area contributed by atoms with Crippen LogP contribution in [0.25, 0.3) is 0 Å². The molecular weight excluding hydrogens is 466 g/mol. The van der Waals surface area contributed by atoms with Crippen LogP contribution in [0.1, 0.15) is 73.1 Å². The Kier molecular flexibility index (Phi) is 8.39. The number of aromatic nitrogens is 3. The summed E-state index contributed by atoms with van der Waals surface area (Å²) in [5.74, 6) is 0.791. The minimum absolute atomic E-state index is 0.0151. The number of rotatable bonds is 9. The van der Waals surface area contributed by atoms with Crippen molar-refractivity contribution in [2.45, 2.75) is 69.6 Å². The van der Waals surface area contributed by atoms with Crippen LogP contribution in [0.2, 0.25) is 0 Å². The fourth-order valence-electron chi connectivity index (χ4n) is 4.25. The fourth-order valence-corrected chi connectivity index (χ4v) is 5.77. The highest BCUT2D eigenvalue weighted by molar-refractivity contribution is 7.99. The van der Waals surface area contributed by atoms with Gasteiger partial charge in [0, 0.05) is 23.4 Å². The predicted octanol–water partition coefficient (Wildman–Crippen LogP) is 5.30. The van der Waals surface area contributed by atoms with Crippen molar-refractivity contribution in [3.63, 3.8) is 0 Å². The first-order chi connectivity index (χ1) is 16.5. The first kappa shape index (κ1) is 24.5. The van der Waals surface area contributed by atoms with Gasteiger partial charge in [0.1, 0.15) is 5.82 Å². The summed E-state index contributed by atoms with van der Waals surface area (Å²) in [6.07, 6.45) is 6.68. The second-order valence-electron chi connectivity index (χ2n) is 8.83. The molecule has 0 saturated heterocycles. The molecule has 2 heterocycles. The Labute approximate surface area is 208 Å². The van der Waals surface area contributed by atoms with E-state index < -0.39 is 0 Å². The first-order valence-corrected chi connectivity index (χ1v) is 13.7. The Bertz CT molecular complexity index is 1100. The molecule has 3 aromatic rings. The number of nitrogens with zero attached hydrogens (tertiary/aromatic N) is 3. The monoisotopic (exact) mass is 497 g/mol. The van der Waals surface area contributed by atoms with Crippen molar-refractivity contribution in [1.82, 2.24) is 20.1 Å². The quantitative estimate of drug-likeness (QED) is 0.391. The van der Waals surface area contributed by atoms with Crippen molar-refractivity contribution < 1.29 is 9.59 Å². The number of anilines is 1. The Hall–Kier alpha value is -2.65. The Morgan fingerprint density at radius 2 is 1.91 bits per heavy atom. The van der Waals surface area contributed by atoms with Crippen molar-refractivity contribution in [2.24, 2.45) is 0 Å². The molecule has 7 nitrogen and oxygen atoms in total. The molecule has 34 heavy (non-hydrogen) atoms. The molecular formula is C25H31N5O2S2. The van der Waals surface area contributed by atoms with Gasteiger partial charge < -0.3 is 15.2 Å². The minimum Gasteiger partial charge on any atom is -0.350 e. The molecule has 2 amide bonds. The average molecular weight is 498 g/mol. The van der Waals surface area contributed by atoms with E-state index in [2.05, 4.69) is 42.9 Å². The van der Waals surface area contributed by atoms with Crippen molar-refractivity contribution in [2.75, 3.05) is 11.1 Å². The Morgan fingerprint density at radius 1 is 1.12 bits per heavy atom. The van der Waals surface area contributed by atoms with E-state index in [1.54, 1.807) is 29.5 Å². The summed E-state index contributed by atoms with van der Waals surface area (Å²) in [6, 6.07) is 11.6. The van der Waals surface area contributed by atoms with Gasteiger partial charge in [0.15, 0.2) is 5.16 Å². The molecule has 0 bridgehead atoms. The van der Waals surface area contributed by atoms with Crippen LogP contribution in [0, 0.1) is 0 Å². The van der Waals surface area contributed by atoms with Gasteiger partial charge in [-0.3, -0.25) is 9.59 Å². The number of hydrogen-bond donors (Lipinski definition) is 2. The molecule has 4 rings (SSSR count). The number of thioether (sulfide) groups is 1. The second-order valence-corrected chi connectivity index (χ2v) is 10.8. The standard InChI is InChI=1S/C25H31N5O2S2/c1-17(2)26-24(32)20-12-6-7-13-21(20)27-23(31)16-34-25-29-28-22(15-19-11-8-14-33-19)30(25)18-9-4-3-5-10-18/h6-8,11-14,17-18H,3-5,9-10,15-16H2,1-2H3,(H,26,32)(H,27,31). The molecule has 0 aliphatic heterocycles. The van der Waals surface area contributed by atoms with E-state index in [9.17, 15) is 9.59 Å². The van der Waals surface area contributed by atoms with Crippen molar-refractivity contribution in [3.8, 4) is 0 Å². The highest BCUT2D eigenvalue weighted by Crippen LogP contribution is 2.33. The van der Waals surface area contributed by atoms with Crippen LogP contribution in [0.3, 0.4) is 0 Å². The molecule has 1 aliphatic rings. The number of nitrogens with one attached hydrogen (secondary N) is 2. The zero-order valence-electron chi connectivity index (χ0n) is 19.6. The van der Waals surface area contributed by atoms with Crippen LogP contribution in [0.15, 0.2) is 46.9 Å². The van der Waals surface area contributed by atoms with Gasteiger partial charge in [-0.2, -0.15) is 0 Å². The zero-order chi connectivity index (χ0) is 23.9. The summed E-state index contributed by atoms with van der Waals surface area (Å²) in [5, 5.41) is 17.6. The lowest BCUT2D eigenvalue weighted by Gasteiger charge is -2.25. The van der Waals surface area contributed by atoms with Gasteiger partial charge in [-0.15, -0.1) is 21.5 Å². The molecule has 0 radical (unpaired) electrons. The molecule has 1 aromatic carbocycles. The summed E-state index contributed by atoms with van der Waals surface area (Å²) < 4.78 is 2.26. The fraction of sp³-hybridized carbons (Fsp3) is 0.440. The number of hydrogen-bond acceptors (Lipinski definition) is 6. The number of thiophene rings is 1. The number of carbonyl (C=O) groups is 2. The third-order valence-electron chi connectivity index (χ3n) is 5.79. The van der Waals surface area contributed by atoms with Gasteiger partial charge in [0.25, 0.3) is 5.91 Å². The van der Waals surface area contributed by atoms with Crippen molar-refractivity contribution in [3.05, 3.63) is 58.0 Å². The molecule has 1 aliphatic carbocycles. The minimum atomic E-state index is -0.200. The summed E-state index contributed by atoms with van der Waals surface area (Å²) in [6.45, 7) is 3.82. The van der Waals surface area contributed by atoms with Gasteiger partial charge in [0.2, 0.25) is 5.91 Å². The lowest BCUT2D eigenvalue weighted by Crippen LogP contribution is -2.31. The van der Waals surface area contributed by atoms with E-state index in [1.165, 1.54) is 35.9 Å². The molecule has 2 N–H and O–H groups in total. The van der Waals surface area contributed by atoms with Crippen molar-refractivity contribution in [1.29, 1.82) is 0 Å². The number of carbonyl (C=O) groups excluding carboxylic acids is 2. The van der Waals surface area contributed by atoms with Crippen LogP contribution in [0.5, 0.6) is 0 Å². The van der Waals surface area contributed by atoms with Crippen LogP contribution in [0.4, 0.5) is 5.69 Å². The maximum Gasteiger partial charge on any atom is 0.253 e. The molecule has 1 fully saturated rings. The molecule has 0 unspecified atom stereocenters. The molecule has 1 saturated carbocycles. The Morgan fingerprint density at radius 3 is 2.65 bits per heavy atom. The summed E-state index contributed by atoms with van der Waals surface area (Å²) in [4.78, 5) is 26.6. The highest BCUT2D eigenvalue weighted by atomic mass is 32.2. The zero-order valence-corrected chi connectivity index (χ0v) is 21.3. The van der Waals surface area contributed by atoms with E-state index in [0.717, 1.165) is 30.2 Å². The van der Waals surface area contributed by atoms with Crippen LogP contribution < -0.4 is 10.6 Å². The summed E-state index contributed by atoms with van der Waals surface area (Å²) >= 11 is 3.13. The first-order valence-electron chi connectivity index (χ1n) is 11.8. The largest absolute Gasteiger partial charge is 0.350 e. The van der Waals surface area contributed by atoms with Crippen molar-refractivity contribution >= 4 is 40.6 Å². The summed E-state index contributed by atoms with van der Waals surface area (Å²) in [5.41, 5.74) is 0.969. The SMILES string of the molecule is CC(C)NC(=O)c1ccccc1NC(=O)CSc1nnc(Cc2cccs2)n1C1CCCCC1. The Balaban J connectivity index is 1.46. The summed E-state index contributed by atoms with van der Waals surface area (Å²) in [7, 11) is 0. The van der Waals surface area contributed by atoms with Gasteiger partial charge in [-0.25, -0.2) is 0 Å². The van der Waals surface area contributed by atoms with Crippen LogP contribution in [-0.4, -0.2) is 38.4 Å². The van der Waals surface area contributed by atoms with E-state index in [0.29, 0.717) is 17.3 Å². The molecule has 180 valence electrons. The maximum absolute atomic E-state index is 12.8. The number of para-hydroxylation sites is 1. The van der Waals surface area contributed by atoms with E-state index in [1.807, 2.05) is 19.9 Å². The molecule has 0 atom stereocenters. The topological polar surface area (TPSA) is 88.9 Å². The van der Waals surface area contributed by atoms with E-state index in [4.69, 9.17) is 0 Å². The number of amides is 2. The molecule has 9 heteroatoms. The molecule has 0 spiro atoms. The van der Waals surface area contributed by atoms with E-state index >= 15 is 0 Å². The van der Waals surface area contributed by atoms with Gasteiger partial charge >= 0.3 is 0 Å².